The fourth-order valence-electron chi connectivity index (χ4n) is 2.66. The molecule has 120 valence electrons. The van der Waals surface area contributed by atoms with Gasteiger partial charge in [-0.15, -0.1) is 0 Å². The summed E-state index contributed by atoms with van der Waals surface area (Å²) in [6, 6.07) is 13.6. The number of halogens is 2. The van der Waals surface area contributed by atoms with Crippen LogP contribution in [0.1, 0.15) is 17.2 Å². The Bertz CT molecular complexity index is 803. The summed E-state index contributed by atoms with van der Waals surface area (Å²) in [5.41, 5.74) is 3.24. The highest BCUT2D eigenvalue weighted by Crippen LogP contribution is 2.22. The highest BCUT2D eigenvalue weighted by Gasteiger charge is 2.08. The molecule has 0 aliphatic carbocycles. The van der Waals surface area contributed by atoms with Gasteiger partial charge in [0.2, 0.25) is 0 Å². The summed E-state index contributed by atoms with van der Waals surface area (Å²) in [4.78, 5) is 3.29. The maximum atomic E-state index is 10.2. The molecule has 1 aromatic heterocycles. The van der Waals surface area contributed by atoms with Crippen molar-refractivity contribution < 1.29 is 5.11 Å². The van der Waals surface area contributed by atoms with Crippen molar-refractivity contribution in [3.63, 3.8) is 0 Å². The molecule has 3 aromatic rings. The average molecular weight is 394 g/mol. The van der Waals surface area contributed by atoms with E-state index in [-0.39, 0.29) is 0 Å². The van der Waals surface area contributed by atoms with Gasteiger partial charge >= 0.3 is 0 Å². The zero-order chi connectivity index (χ0) is 16.2. The van der Waals surface area contributed by atoms with Gasteiger partial charge in [0.05, 0.1) is 6.10 Å². The molecule has 0 saturated carbocycles. The van der Waals surface area contributed by atoms with Crippen LogP contribution in [0.4, 0.5) is 0 Å². The van der Waals surface area contributed by atoms with Gasteiger partial charge in [-0.25, -0.2) is 0 Å². The molecule has 0 aliphatic heterocycles. The van der Waals surface area contributed by atoms with E-state index in [1.165, 1.54) is 10.9 Å². The number of aromatic amines is 1. The van der Waals surface area contributed by atoms with Crippen molar-refractivity contribution in [2.75, 3.05) is 13.1 Å². The molecule has 23 heavy (non-hydrogen) atoms. The van der Waals surface area contributed by atoms with Crippen molar-refractivity contribution in [1.82, 2.24) is 10.3 Å². The van der Waals surface area contributed by atoms with Crippen molar-refractivity contribution >= 4 is 38.4 Å². The summed E-state index contributed by atoms with van der Waals surface area (Å²) in [6.07, 6.45) is 2.41. The number of H-pyrrole nitrogens is 1. The number of aliphatic hydroxyl groups excluding tert-OH is 1. The third-order valence-electron chi connectivity index (χ3n) is 3.87. The molecule has 0 spiro atoms. The first-order valence-electron chi connectivity index (χ1n) is 7.53. The van der Waals surface area contributed by atoms with Crippen molar-refractivity contribution in [1.29, 1.82) is 0 Å². The van der Waals surface area contributed by atoms with Gasteiger partial charge in [-0.1, -0.05) is 45.7 Å². The zero-order valence-corrected chi connectivity index (χ0v) is 14.9. The number of aliphatic hydroxyl groups is 1. The predicted octanol–water partition coefficient (Wildman–Crippen LogP) is 4.45. The average Bonchev–Trinajstić information content (AvgIpc) is 2.93. The van der Waals surface area contributed by atoms with Gasteiger partial charge in [0.15, 0.2) is 0 Å². The molecular weight excluding hydrogens is 376 g/mol. The van der Waals surface area contributed by atoms with Crippen LogP contribution in [-0.4, -0.2) is 23.2 Å². The van der Waals surface area contributed by atoms with Crippen molar-refractivity contribution in [2.24, 2.45) is 0 Å². The van der Waals surface area contributed by atoms with Crippen LogP contribution in [0.25, 0.3) is 10.9 Å². The second-order valence-electron chi connectivity index (χ2n) is 5.53. The minimum Gasteiger partial charge on any atom is -0.387 e. The first kappa shape index (κ1) is 16.5. The topological polar surface area (TPSA) is 48.0 Å². The molecule has 0 aliphatic rings. The second kappa shape index (κ2) is 7.49. The first-order valence-corrected chi connectivity index (χ1v) is 8.70. The van der Waals surface area contributed by atoms with Crippen LogP contribution in [0.3, 0.4) is 0 Å². The second-order valence-corrected chi connectivity index (χ2v) is 6.88. The summed E-state index contributed by atoms with van der Waals surface area (Å²) < 4.78 is 1.07. The number of aromatic nitrogens is 1. The van der Waals surface area contributed by atoms with Crippen molar-refractivity contribution in [3.8, 4) is 0 Å². The van der Waals surface area contributed by atoms with Crippen LogP contribution in [-0.2, 0) is 6.42 Å². The lowest BCUT2D eigenvalue weighted by molar-refractivity contribution is 0.175. The maximum absolute atomic E-state index is 10.2. The number of hydrogen-bond donors (Lipinski definition) is 3. The van der Waals surface area contributed by atoms with Gasteiger partial charge in [0.1, 0.15) is 0 Å². The number of rotatable bonds is 6. The molecule has 2 aromatic carbocycles. The lowest BCUT2D eigenvalue weighted by Crippen LogP contribution is -2.23. The molecule has 1 heterocycles. The molecule has 5 heteroatoms. The number of nitrogens with one attached hydrogen (secondary N) is 2. The molecule has 1 unspecified atom stereocenters. The molecule has 0 radical (unpaired) electrons. The monoisotopic (exact) mass is 392 g/mol. The molecule has 3 rings (SSSR count). The Morgan fingerprint density at radius 3 is 2.91 bits per heavy atom. The molecule has 0 amide bonds. The maximum Gasteiger partial charge on any atom is 0.0914 e. The van der Waals surface area contributed by atoms with E-state index in [0.717, 1.165) is 28.5 Å². The third kappa shape index (κ3) is 4.15. The lowest BCUT2D eigenvalue weighted by atomic mass is 10.1. The first-order chi connectivity index (χ1) is 11.1. The summed E-state index contributed by atoms with van der Waals surface area (Å²) in [5, 5.41) is 15.4. The zero-order valence-electron chi connectivity index (χ0n) is 12.5. The van der Waals surface area contributed by atoms with Gasteiger partial charge in [-0.3, -0.25) is 0 Å². The molecule has 3 N–H and O–H groups in total. The number of fused-ring (bicyclic) bond motifs is 1. The quantitative estimate of drug-likeness (QED) is 0.542. The van der Waals surface area contributed by atoms with E-state index in [1.807, 2.05) is 18.3 Å². The van der Waals surface area contributed by atoms with Crippen LogP contribution >= 0.6 is 27.5 Å². The largest absolute Gasteiger partial charge is 0.387 e. The van der Waals surface area contributed by atoms with Gasteiger partial charge in [-0.2, -0.15) is 0 Å². The molecule has 0 bridgehead atoms. The Morgan fingerprint density at radius 2 is 2.09 bits per heavy atom. The molecule has 0 saturated heterocycles. The lowest BCUT2D eigenvalue weighted by Gasteiger charge is -2.12. The molecular formula is C18H18BrClN2O. The normalized spacial score (nSPS) is 12.7. The SMILES string of the molecule is OC(CNCCc1c[nH]c2cc(Br)ccc12)c1cccc(Cl)c1. The van der Waals surface area contributed by atoms with E-state index in [2.05, 4.69) is 44.4 Å². The van der Waals surface area contributed by atoms with Crippen LogP contribution in [0.5, 0.6) is 0 Å². The van der Waals surface area contributed by atoms with E-state index in [4.69, 9.17) is 11.6 Å². The van der Waals surface area contributed by atoms with Crippen LogP contribution in [0.2, 0.25) is 5.02 Å². The van der Waals surface area contributed by atoms with E-state index in [9.17, 15) is 5.11 Å². The Balaban J connectivity index is 1.53. The van der Waals surface area contributed by atoms with Gasteiger partial charge in [-0.05, 0) is 48.4 Å². The third-order valence-corrected chi connectivity index (χ3v) is 4.60. The number of benzene rings is 2. The summed E-state index contributed by atoms with van der Waals surface area (Å²) in [6.45, 7) is 1.31. The fourth-order valence-corrected chi connectivity index (χ4v) is 3.22. The predicted molar refractivity (Wildman–Crippen MR) is 99.0 cm³/mol. The summed E-state index contributed by atoms with van der Waals surface area (Å²) in [7, 11) is 0. The summed E-state index contributed by atoms with van der Waals surface area (Å²) >= 11 is 9.43. The van der Waals surface area contributed by atoms with Crippen molar-refractivity contribution in [2.45, 2.75) is 12.5 Å². The molecule has 0 fully saturated rings. The smallest absolute Gasteiger partial charge is 0.0914 e. The minimum absolute atomic E-state index is 0.508. The highest BCUT2D eigenvalue weighted by molar-refractivity contribution is 9.10. The highest BCUT2D eigenvalue weighted by atomic mass is 79.9. The number of hydrogen-bond acceptors (Lipinski definition) is 2. The summed E-state index contributed by atoms with van der Waals surface area (Å²) in [5.74, 6) is 0. The molecule has 1 atom stereocenters. The van der Waals surface area contributed by atoms with Gasteiger partial charge in [0.25, 0.3) is 0 Å². The van der Waals surface area contributed by atoms with E-state index in [0.29, 0.717) is 11.6 Å². The van der Waals surface area contributed by atoms with Crippen LogP contribution in [0.15, 0.2) is 53.1 Å². The molecule has 3 nitrogen and oxygen atoms in total. The van der Waals surface area contributed by atoms with E-state index in [1.54, 1.807) is 12.1 Å². The standard InChI is InChI=1S/C18H18BrClN2O/c19-14-4-5-16-13(10-22-17(16)9-14)6-7-21-11-18(23)12-2-1-3-15(20)8-12/h1-5,8-10,18,21-23H,6-7,11H2. The van der Waals surface area contributed by atoms with Crippen LogP contribution < -0.4 is 5.32 Å². The Morgan fingerprint density at radius 1 is 1.22 bits per heavy atom. The Labute approximate surface area is 148 Å². The van der Waals surface area contributed by atoms with Gasteiger partial charge in [0, 0.05) is 33.1 Å². The minimum atomic E-state index is -0.548. The van der Waals surface area contributed by atoms with E-state index < -0.39 is 6.10 Å². The Hall–Kier alpha value is -1.33. The van der Waals surface area contributed by atoms with Crippen molar-refractivity contribution in [3.05, 3.63) is 69.3 Å². The van der Waals surface area contributed by atoms with Crippen LogP contribution in [0, 0.1) is 0 Å². The van der Waals surface area contributed by atoms with Gasteiger partial charge < -0.3 is 15.4 Å². The fraction of sp³-hybridized carbons (Fsp3) is 0.222. The Kier molecular flexibility index (Phi) is 5.38. The van der Waals surface area contributed by atoms with E-state index >= 15 is 0 Å².